The minimum atomic E-state index is -0.502. The lowest BCUT2D eigenvalue weighted by atomic mass is 10.1. The molecule has 0 aromatic carbocycles. The van der Waals surface area contributed by atoms with Gasteiger partial charge in [0.2, 0.25) is 5.91 Å². The molecular formula is C24H29NO2. The molecule has 3 heteroatoms. The fraction of sp³-hybridized carbons (Fsp3) is 0.208. The summed E-state index contributed by atoms with van der Waals surface area (Å²) in [6.07, 6.45) is 33.6. The van der Waals surface area contributed by atoms with E-state index >= 15 is 0 Å². The normalized spacial score (nSPS) is 33.3. The van der Waals surface area contributed by atoms with Gasteiger partial charge in [0, 0.05) is 12.6 Å². The maximum absolute atomic E-state index is 11.7. The smallest absolute Gasteiger partial charge is 0.243 e. The van der Waals surface area contributed by atoms with Crippen LogP contribution in [0.3, 0.4) is 0 Å². The average molecular weight is 364 g/mol. The number of amides is 1. The molecule has 142 valence electrons. The van der Waals surface area contributed by atoms with Crippen molar-refractivity contribution in [3.8, 4) is 0 Å². The van der Waals surface area contributed by atoms with E-state index in [2.05, 4.69) is 12.2 Å². The number of nitrogens with one attached hydrogen (secondary N) is 1. The Hall–Kier alpha value is -2.91. The van der Waals surface area contributed by atoms with Gasteiger partial charge in [-0.1, -0.05) is 110 Å². The molecule has 1 rings (SSSR count). The lowest BCUT2D eigenvalue weighted by Gasteiger charge is -2.05. The van der Waals surface area contributed by atoms with Crippen molar-refractivity contribution in [2.75, 3.05) is 6.54 Å². The van der Waals surface area contributed by atoms with E-state index in [4.69, 9.17) is 0 Å². The first-order valence-corrected chi connectivity index (χ1v) is 9.16. The summed E-state index contributed by atoms with van der Waals surface area (Å²) in [5, 5.41) is 12.7. The van der Waals surface area contributed by atoms with Gasteiger partial charge in [-0.3, -0.25) is 4.79 Å². The molecule has 0 fully saturated rings. The lowest BCUT2D eigenvalue weighted by molar-refractivity contribution is -0.116. The Morgan fingerprint density at radius 3 is 1.96 bits per heavy atom. The molecule has 0 radical (unpaired) electrons. The van der Waals surface area contributed by atoms with E-state index in [0.29, 0.717) is 13.0 Å². The number of carbonyl (C=O) groups excluding carboxylic acids is 1. The van der Waals surface area contributed by atoms with Crippen molar-refractivity contribution in [2.45, 2.75) is 19.4 Å². The number of aliphatic hydroxyl groups is 1. The maximum atomic E-state index is 11.7. The van der Waals surface area contributed by atoms with Crippen LogP contribution in [0.5, 0.6) is 0 Å². The molecular weight excluding hydrogens is 334 g/mol. The highest BCUT2D eigenvalue weighted by molar-refractivity contribution is 5.87. The number of carbonyl (C=O) groups is 1. The maximum Gasteiger partial charge on any atom is 0.243 e. The van der Waals surface area contributed by atoms with Crippen LogP contribution in [0, 0.1) is 5.92 Å². The fourth-order valence-corrected chi connectivity index (χ4v) is 1.99. The number of hydrogen-bond donors (Lipinski definition) is 2. The lowest BCUT2D eigenvalue weighted by Crippen LogP contribution is -2.25. The zero-order valence-electron chi connectivity index (χ0n) is 15.8. The molecule has 0 saturated carbocycles. The summed E-state index contributed by atoms with van der Waals surface area (Å²) >= 11 is 0. The summed E-state index contributed by atoms with van der Waals surface area (Å²) in [5.74, 6) is 0.147. The van der Waals surface area contributed by atoms with Gasteiger partial charge in [0.05, 0.1) is 6.10 Å². The standard InChI is InChI=1S/C24H29NO2/c1-22-17-13-9-5-2-3-6-10-14-18-23(26)19-15-11-7-4-8-12-16-20-24(27)25-21-22/h2-18,20,22-23,26H,19,21H2,1H3,(H,25,27)/b3-2+,7-4+,9-5+,10-6+,12-8+,15-11+,17-13-,18-14+,20-16-/t22-,23+/m1/s1. The van der Waals surface area contributed by atoms with E-state index in [9.17, 15) is 9.90 Å². The number of aliphatic hydroxyl groups excluding tert-OH is 1. The van der Waals surface area contributed by atoms with Crippen molar-refractivity contribution in [3.05, 3.63) is 109 Å². The van der Waals surface area contributed by atoms with Gasteiger partial charge in [-0.2, -0.15) is 0 Å². The predicted molar refractivity (Wildman–Crippen MR) is 115 cm³/mol. The van der Waals surface area contributed by atoms with Crippen LogP contribution in [-0.2, 0) is 4.79 Å². The summed E-state index contributed by atoms with van der Waals surface area (Å²) in [6, 6.07) is 0. The van der Waals surface area contributed by atoms with E-state index in [1.807, 2.05) is 85.1 Å². The largest absolute Gasteiger partial charge is 0.389 e. The molecule has 0 aromatic heterocycles. The van der Waals surface area contributed by atoms with Gasteiger partial charge in [0.15, 0.2) is 0 Å². The number of allylic oxidation sites excluding steroid dienone is 14. The van der Waals surface area contributed by atoms with Crippen LogP contribution < -0.4 is 5.32 Å². The van der Waals surface area contributed by atoms with Crippen LogP contribution in [0.1, 0.15) is 13.3 Å². The molecule has 1 aliphatic heterocycles. The number of hydrogen-bond acceptors (Lipinski definition) is 2. The van der Waals surface area contributed by atoms with Gasteiger partial charge in [-0.25, -0.2) is 0 Å². The van der Waals surface area contributed by atoms with Gasteiger partial charge in [-0.05, 0) is 12.3 Å². The second-order valence-electron chi connectivity index (χ2n) is 6.01. The van der Waals surface area contributed by atoms with E-state index in [1.54, 1.807) is 18.2 Å². The highest BCUT2D eigenvalue weighted by atomic mass is 16.3. The molecule has 0 bridgehead atoms. The molecule has 2 N–H and O–H groups in total. The number of rotatable bonds is 0. The van der Waals surface area contributed by atoms with Crippen LogP contribution in [-0.4, -0.2) is 23.7 Å². The van der Waals surface area contributed by atoms with Crippen molar-refractivity contribution in [2.24, 2.45) is 5.92 Å². The van der Waals surface area contributed by atoms with E-state index in [1.165, 1.54) is 6.08 Å². The highest BCUT2D eigenvalue weighted by Gasteiger charge is 1.98. The second-order valence-corrected chi connectivity index (χ2v) is 6.01. The zero-order chi connectivity index (χ0) is 19.6. The molecule has 3 nitrogen and oxygen atoms in total. The van der Waals surface area contributed by atoms with Gasteiger partial charge in [-0.15, -0.1) is 0 Å². The molecule has 1 heterocycles. The van der Waals surface area contributed by atoms with Crippen molar-refractivity contribution in [3.63, 3.8) is 0 Å². The molecule has 0 spiro atoms. The quantitative estimate of drug-likeness (QED) is 0.665. The van der Waals surface area contributed by atoms with Crippen molar-refractivity contribution in [1.29, 1.82) is 0 Å². The molecule has 1 aliphatic rings. The molecule has 0 aromatic rings. The molecule has 0 aliphatic carbocycles. The third kappa shape index (κ3) is 14.0. The Morgan fingerprint density at radius 1 is 0.778 bits per heavy atom. The Labute approximate surface area is 162 Å². The molecule has 2 atom stereocenters. The zero-order valence-corrected chi connectivity index (χ0v) is 15.8. The third-order valence-corrected chi connectivity index (χ3v) is 3.47. The Morgan fingerprint density at radius 2 is 1.30 bits per heavy atom. The van der Waals surface area contributed by atoms with Crippen molar-refractivity contribution >= 4 is 5.91 Å². The van der Waals surface area contributed by atoms with Crippen molar-refractivity contribution in [1.82, 2.24) is 5.32 Å². The Bertz CT molecular complexity index is 685. The van der Waals surface area contributed by atoms with E-state index in [0.717, 1.165) is 0 Å². The first-order valence-electron chi connectivity index (χ1n) is 9.16. The van der Waals surface area contributed by atoms with Gasteiger partial charge >= 0.3 is 0 Å². The molecule has 0 saturated heterocycles. The summed E-state index contributed by atoms with van der Waals surface area (Å²) in [7, 11) is 0. The Balaban J connectivity index is 2.70. The van der Waals surface area contributed by atoms with Crippen LogP contribution >= 0.6 is 0 Å². The fourth-order valence-electron chi connectivity index (χ4n) is 1.99. The monoisotopic (exact) mass is 363 g/mol. The summed E-state index contributed by atoms with van der Waals surface area (Å²) in [6.45, 7) is 2.65. The molecule has 0 unspecified atom stereocenters. The third-order valence-electron chi connectivity index (χ3n) is 3.47. The minimum absolute atomic E-state index is 0.106. The summed E-state index contributed by atoms with van der Waals surface area (Å²) < 4.78 is 0. The average Bonchev–Trinajstić information content (AvgIpc) is 2.65. The minimum Gasteiger partial charge on any atom is -0.389 e. The van der Waals surface area contributed by atoms with Crippen LogP contribution in [0.4, 0.5) is 0 Å². The van der Waals surface area contributed by atoms with Crippen LogP contribution in [0.15, 0.2) is 109 Å². The van der Waals surface area contributed by atoms with Crippen LogP contribution in [0.2, 0.25) is 0 Å². The molecule has 27 heavy (non-hydrogen) atoms. The molecule has 1 amide bonds. The SMILES string of the molecule is C[C@@H]1\C=C/C=C/C=C/C=C/C=C/[C@H](O)C/C=C/C=C/C=C/C=C\C(=O)NC1. The second kappa shape index (κ2) is 15.4. The summed E-state index contributed by atoms with van der Waals surface area (Å²) in [5.41, 5.74) is 0. The van der Waals surface area contributed by atoms with E-state index < -0.39 is 6.10 Å². The van der Waals surface area contributed by atoms with Gasteiger partial charge in [0.25, 0.3) is 0 Å². The first-order chi connectivity index (χ1) is 13.2. The van der Waals surface area contributed by atoms with E-state index in [-0.39, 0.29) is 11.8 Å². The van der Waals surface area contributed by atoms with Gasteiger partial charge < -0.3 is 10.4 Å². The predicted octanol–water partition coefficient (Wildman–Crippen LogP) is 4.51. The summed E-state index contributed by atoms with van der Waals surface area (Å²) in [4.78, 5) is 11.7. The van der Waals surface area contributed by atoms with Crippen LogP contribution in [0.25, 0.3) is 0 Å². The highest BCUT2D eigenvalue weighted by Crippen LogP contribution is 1.98. The topological polar surface area (TPSA) is 49.3 Å². The Kier molecular flexibility index (Phi) is 12.6. The van der Waals surface area contributed by atoms with Gasteiger partial charge in [0.1, 0.15) is 0 Å². The van der Waals surface area contributed by atoms with Crippen molar-refractivity contribution < 1.29 is 9.90 Å². The first kappa shape index (κ1) is 22.1.